The van der Waals surface area contributed by atoms with Gasteiger partial charge >= 0.3 is 0 Å². The van der Waals surface area contributed by atoms with E-state index in [9.17, 15) is 0 Å². The van der Waals surface area contributed by atoms with Crippen molar-refractivity contribution in [2.75, 3.05) is 19.8 Å². The molecule has 0 aromatic heterocycles. The minimum atomic E-state index is -0.141. The highest BCUT2D eigenvalue weighted by atomic mass is 16.7. The highest BCUT2D eigenvalue weighted by Gasteiger charge is 2.41. The van der Waals surface area contributed by atoms with Crippen LogP contribution in [-0.2, 0) is 14.3 Å². The summed E-state index contributed by atoms with van der Waals surface area (Å²) in [6.45, 7) is 8.51. The van der Waals surface area contributed by atoms with Crippen molar-refractivity contribution >= 4 is 0 Å². The van der Waals surface area contributed by atoms with Crippen LogP contribution in [0, 0.1) is 0 Å². The smallest absolute Gasteiger partial charge is 0.0952 e. The molecule has 0 bridgehead atoms. The first-order valence-corrected chi connectivity index (χ1v) is 6.14. The minimum Gasteiger partial charge on any atom is -0.378 e. The van der Waals surface area contributed by atoms with Crippen molar-refractivity contribution in [2.45, 2.75) is 57.3 Å². The molecule has 0 aromatic carbocycles. The number of rotatable bonds is 2. The molecule has 2 saturated heterocycles. The van der Waals surface area contributed by atoms with Crippen molar-refractivity contribution in [1.82, 2.24) is 5.48 Å². The molecule has 2 atom stereocenters. The van der Waals surface area contributed by atoms with Gasteiger partial charge in [0.05, 0.1) is 17.8 Å². The maximum Gasteiger partial charge on any atom is 0.0952 e. The fraction of sp³-hybridized carbons (Fsp3) is 1.00. The summed E-state index contributed by atoms with van der Waals surface area (Å²) in [6, 6.07) is 0.384. The van der Waals surface area contributed by atoms with Gasteiger partial charge < -0.3 is 9.47 Å². The molecule has 4 nitrogen and oxygen atoms in total. The molecule has 0 aromatic rings. The molecule has 0 amide bonds. The lowest BCUT2D eigenvalue weighted by atomic mass is 9.90. The summed E-state index contributed by atoms with van der Waals surface area (Å²) in [6.07, 6.45) is 3.02. The highest BCUT2D eigenvalue weighted by molar-refractivity contribution is 4.92. The largest absolute Gasteiger partial charge is 0.378 e. The third kappa shape index (κ3) is 3.17. The van der Waals surface area contributed by atoms with Crippen LogP contribution in [0.1, 0.15) is 40.0 Å². The Balaban J connectivity index is 1.82. The van der Waals surface area contributed by atoms with Gasteiger partial charge in [-0.05, 0) is 33.6 Å². The van der Waals surface area contributed by atoms with Gasteiger partial charge in [-0.25, -0.2) is 0 Å². The SMILES string of the molecule is CC(C)(C)ONC1CCOC2(CCOC2)C1. The van der Waals surface area contributed by atoms with Gasteiger partial charge in [0.15, 0.2) is 0 Å². The predicted molar refractivity (Wildman–Crippen MR) is 61.1 cm³/mol. The van der Waals surface area contributed by atoms with Crippen LogP contribution >= 0.6 is 0 Å². The zero-order valence-corrected chi connectivity index (χ0v) is 10.5. The second-order valence-electron chi connectivity index (χ2n) is 5.86. The first-order valence-electron chi connectivity index (χ1n) is 6.14. The van der Waals surface area contributed by atoms with Crippen molar-refractivity contribution in [1.29, 1.82) is 0 Å². The average Bonchev–Trinajstić information content (AvgIpc) is 2.63. The molecule has 2 aliphatic heterocycles. The van der Waals surface area contributed by atoms with Crippen molar-refractivity contribution in [3.8, 4) is 0 Å². The monoisotopic (exact) mass is 229 g/mol. The lowest BCUT2D eigenvalue weighted by Crippen LogP contribution is -2.48. The summed E-state index contributed by atoms with van der Waals surface area (Å²) in [5, 5.41) is 0. The summed E-state index contributed by atoms with van der Waals surface area (Å²) in [4.78, 5) is 5.63. The first kappa shape index (κ1) is 12.3. The topological polar surface area (TPSA) is 39.7 Å². The molecule has 2 fully saturated rings. The van der Waals surface area contributed by atoms with Gasteiger partial charge in [0.1, 0.15) is 0 Å². The Morgan fingerprint density at radius 2 is 2.12 bits per heavy atom. The fourth-order valence-corrected chi connectivity index (χ4v) is 2.25. The standard InChI is InChI=1S/C12H23NO3/c1-11(2,3)16-13-10-4-6-15-12(8-10)5-7-14-9-12/h10,13H,4-9H2,1-3H3. The molecular formula is C12H23NO3. The second kappa shape index (κ2) is 4.61. The number of nitrogens with one attached hydrogen (secondary N) is 1. The summed E-state index contributed by atoms with van der Waals surface area (Å²) in [7, 11) is 0. The van der Waals surface area contributed by atoms with Crippen LogP contribution in [0.5, 0.6) is 0 Å². The Kier molecular flexibility index (Phi) is 3.54. The molecular weight excluding hydrogens is 206 g/mol. The number of hydroxylamine groups is 1. The Labute approximate surface area is 97.6 Å². The van der Waals surface area contributed by atoms with E-state index in [1.165, 1.54) is 0 Å². The van der Waals surface area contributed by atoms with E-state index in [1.807, 2.05) is 20.8 Å². The van der Waals surface area contributed by atoms with Gasteiger partial charge in [0.25, 0.3) is 0 Å². The molecule has 16 heavy (non-hydrogen) atoms. The average molecular weight is 229 g/mol. The molecule has 1 N–H and O–H groups in total. The molecule has 94 valence electrons. The summed E-state index contributed by atoms with van der Waals surface area (Å²) < 4.78 is 11.3. The van der Waals surface area contributed by atoms with Crippen molar-refractivity contribution in [3.05, 3.63) is 0 Å². The molecule has 2 aliphatic rings. The van der Waals surface area contributed by atoms with Gasteiger partial charge in [0.2, 0.25) is 0 Å². The van der Waals surface area contributed by atoms with Gasteiger partial charge in [-0.1, -0.05) is 0 Å². The maximum absolute atomic E-state index is 5.87. The zero-order chi connectivity index (χ0) is 11.6. The Morgan fingerprint density at radius 3 is 2.75 bits per heavy atom. The zero-order valence-electron chi connectivity index (χ0n) is 10.5. The van der Waals surface area contributed by atoms with Crippen LogP contribution < -0.4 is 5.48 Å². The molecule has 2 unspecified atom stereocenters. The Bertz CT molecular complexity index is 231. The van der Waals surface area contributed by atoms with Crippen LogP contribution in [0.3, 0.4) is 0 Å². The normalized spacial score (nSPS) is 35.8. The molecule has 1 spiro atoms. The highest BCUT2D eigenvalue weighted by Crippen LogP contribution is 2.32. The Hall–Kier alpha value is -0.160. The first-order chi connectivity index (χ1) is 7.49. The third-order valence-corrected chi connectivity index (χ3v) is 3.09. The lowest BCUT2D eigenvalue weighted by Gasteiger charge is -2.38. The Morgan fingerprint density at radius 1 is 1.31 bits per heavy atom. The van der Waals surface area contributed by atoms with E-state index in [1.54, 1.807) is 0 Å². The van der Waals surface area contributed by atoms with E-state index in [0.717, 1.165) is 39.1 Å². The molecule has 4 heteroatoms. The molecule has 2 rings (SSSR count). The van der Waals surface area contributed by atoms with E-state index in [-0.39, 0.29) is 11.2 Å². The van der Waals surface area contributed by atoms with Crippen LogP contribution in [0.25, 0.3) is 0 Å². The maximum atomic E-state index is 5.87. The van der Waals surface area contributed by atoms with E-state index in [0.29, 0.717) is 6.04 Å². The van der Waals surface area contributed by atoms with Gasteiger partial charge in [-0.15, -0.1) is 0 Å². The van der Waals surface area contributed by atoms with E-state index in [4.69, 9.17) is 14.3 Å². The molecule has 0 saturated carbocycles. The molecule has 2 heterocycles. The summed E-state index contributed by atoms with van der Waals surface area (Å²) in [5.41, 5.74) is 2.99. The summed E-state index contributed by atoms with van der Waals surface area (Å²) in [5.74, 6) is 0. The van der Waals surface area contributed by atoms with Crippen molar-refractivity contribution < 1.29 is 14.3 Å². The second-order valence-corrected chi connectivity index (χ2v) is 5.86. The van der Waals surface area contributed by atoms with Crippen LogP contribution in [0.4, 0.5) is 0 Å². The fourth-order valence-electron chi connectivity index (χ4n) is 2.25. The van der Waals surface area contributed by atoms with Gasteiger partial charge in [-0.3, -0.25) is 4.84 Å². The third-order valence-electron chi connectivity index (χ3n) is 3.09. The van der Waals surface area contributed by atoms with E-state index < -0.39 is 0 Å². The summed E-state index contributed by atoms with van der Waals surface area (Å²) >= 11 is 0. The van der Waals surface area contributed by atoms with Gasteiger partial charge in [0, 0.05) is 25.7 Å². The van der Waals surface area contributed by atoms with Crippen LogP contribution in [-0.4, -0.2) is 37.1 Å². The number of ether oxygens (including phenoxy) is 2. The van der Waals surface area contributed by atoms with E-state index in [2.05, 4.69) is 5.48 Å². The van der Waals surface area contributed by atoms with E-state index >= 15 is 0 Å². The lowest BCUT2D eigenvalue weighted by molar-refractivity contribution is -0.139. The molecule has 0 radical (unpaired) electrons. The minimum absolute atomic E-state index is 0.0445. The number of hydrogen-bond acceptors (Lipinski definition) is 4. The van der Waals surface area contributed by atoms with Crippen LogP contribution in [0.2, 0.25) is 0 Å². The molecule has 0 aliphatic carbocycles. The number of hydrogen-bond donors (Lipinski definition) is 1. The van der Waals surface area contributed by atoms with Crippen LogP contribution in [0.15, 0.2) is 0 Å². The van der Waals surface area contributed by atoms with Crippen molar-refractivity contribution in [2.24, 2.45) is 0 Å². The predicted octanol–water partition coefficient (Wildman–Crippen LogP) is 1.64. The van der Waals surface area contributed by atoms with Crippen molar-refractivity contribution in [3.63, 3.8) is 0 Å². The van der Waals surface area contributed by atoms with Gasteiger partial charge in [-0.2, -0.15) is 5.48 Å². The quantitative estimate of drug-likeness (QED) is 0.731.